The predicted octanol–water partition coefficient (Wildman–Crippen LogP) is 4.73. The molecule has 1 amide bonds. The van der Waals surface area contributed by atoms with E-state index in [1.165, 1.54) is 11.3 Å². The van der Waals surface area contributed by atoms with Crippen molar-refractivity contribution in [2.45, 2.75) is 38.3 Å². The van der Waals surface area contributed by atoms with Gasteiger partial charge in [-0.1, -0.05) is 12.1 Å². The molecule has 2 aliphatic heterocycles. The third kappa shape index (κ3) is 4.10. The first-order valence-electron chi connectivity index (χ1n) is 13.2. The van der Waals surface area contributed by atoms with Crippen LogP contribution in [0.15, 0.2) is 49.1 Å². The average molecular weight is 511 g/mol. The second-order valence-corrected chi connectivity index (χ2v) is 10.3. The van der Waals surface area contributed by atoms with Gasteiger partial charge >= 0.3 is 0 Å². The maximum atomic E-state index is 12.4. The van der Waals surface area contributed by atoms with Crippen LogP contribution in [0.3, 0.4) is 0 Å². The Morgan fingerprint density at radius 3 is 2.71 bits per heavy atom. The number of hydrogen-bond acceptors (Lipinski definition) is 7. The molecular weight excluding hydrogens is 480 g/mol. The number of imidazole rings is 1. The lowest BCUT2D eigenvalue weighted by atomic mass is 9.97. The maximum absolute atomic E-state index is 12.4. The van der Waals surface area contributed by atoms with E-state index in [9.17, 15) is 4.79 Å². The smallest absolute Gasteiger partial charge is 0.228 e. The Bertz CT molecular complexity index is 1480. The summed E-state index contributed by atoms with van der Waals surface area (Å²) >= 11 is 0. The molecule has 2 fully saturated rings. The van der Waals surface area contributed by atoms with Crippen LogP contribution in [0.2, 0.25) is 0 Å². The lowest BCUT2D eigenvalue weighted by Crippen LogP contribution is -2.28. The van der Waals surface area contributed by atoms with Gasteiger partial charge in [-0.15, -0.1) is 0 Å². The highest BCUT2D eigenvalue weighted by Gasteiger charge is 2.31. The summed E-state index contributed by atoms with van der Waals surface area (Å²) in [6.45, 7) is 2.34. The second-order valence-electron chi connectivity index (χ2n) is 10.3. The van der Waals surface area contributed by atoms with Crippen molar-refractivity contribution in [3.8, 4) is 22.5 Å². The molecule has 3 aliphatic rings. The summed E-state index contributed by atoms with van der Waals surface area (Å²) < 4.78 is 7.79. The summed E-state index contributed by atoms with van der Waals surface area (Å²) in [7, 11) is 2.12. The van der Waals surface area contributed by atoms with Crippen LogP contribution in [0, 0.1) is 5.92 Å². The predicted molar refractivity (Wildman–Crippen MR) is 145 cm³/mol. The average Bonchev–Trinajstić information content (AvgIpc) is 3.48. The molecule has 0 radical (unpaired) electrons. The van der Waals surface area contributed by atoms with Crippen molar-refractivity contribution in [2.24, 2.45) is 5.92 Å². The molecule has 194 valence electrons. The second kappa shape index (κ2) is 9.29. The first kappa shape index (κ1) is 23.0. The van der Waals surface area contributed by atoms with Crippen LogP contribution in [-0.4, -0.2) is 50.9 Å². The number of para-hydroxylation sites is 1. The number of anilines is 4. The SMILES string of the molecule is CN1Cc2c(cnn2C2CCOCC2)-c2cccc(Nc3cc(NC(=O)C4CC4)ncc3-c3ncc[nH]3)c21. The van der Waals surface area contributed by atoms with Crippen molar-refractivity contribution in [1.29, 1.82) is 0 Å². The van der Waals surface area contributed by atoms with Crippen LogP contribution in [-0.2, 0) is 16.1 Å². The molecule has 3 N–H and O–H groups in total. The minimum Gasteiger partial charge on any atom is -0.381 e. The van der Waals surface area contributed by atoms with E-state index in [0.717, 1.165) is 73.6 Å². The van der Waals surface area contributed by atoms with Gasteiger partial charge in [0, 0.05) is 62.0 Å². The molecule has 0 bridgehead atoms. The van der Waals surface area contributed by atoms with Crippen LogP contribution in [0.4, 0.5) is 22.9 Å². The number of amides is 1. The first-order valence-corrected chi connectivity index (χ1v) is 13.2. The zero-order chi connectivity index (χ0) is 25.6. The van der Waals surface area contributed by atoms with Crippen LogP contribution in [0.5, 0.6) is 0 Å². The Labute approximate surface area is 220 Å². The molecule has 5 heterocycles. The van der Waals surface area contributed by atoms with E-state index in [1.807, 2.05) is 12.3 Å². The van der Waals surface area contributed by atoms with E-state index in [1.54, 1.807) is 18.6 Å². The number of nitrogens with one attached hydrogen (secondary N) is 3. The molecule has 10 nitrogen and oxygen atoms in total. The molecule has 38 heavy (non-hydrogen) atoms. The number of carbonyl (C=O) groups excluding carboxylic acids is 1. The molecule has 1 saturated heterocycles. The number of fused-ring (bicyclic) bond motifs is 3. The zero-order valence-electron chi connectivity index (χ0n) is 21.3. The van der Waals surface area contributed by atoms with E-state index >= 15 is 0 Å². The molecular formula is C28H30N8O2. The number of benzene rings is 1. The summed E-state index contributed by atoms with van der Waals surface area (Å²) in [5.41, 5.74) is 7.27. The lowest BCUT2D eigenvalue weighted by Gasteiger charge is -2.32. The number of ether oxygens (including phenoxy) is 1. The van der Waals surface area contributed by atoms with E-state index in [4.69, 9.17) is 9.84 Å². The van der Waals surface area contributed by atoms with E-state index in [-0.39, 0.29) is 11.8 Å². The summed E-state index contributed by atoms with van der Waals surface area (Å²) in [6.07, 6.45) is 11.1. The van der Waals surface area contributed by atoms with Crippen LogP contribution in [0.1, 0.15) is 37.4 Å². The van der Waals surface area contributed by atoms with Crippen molar-refractivity contribution in [1.82, 2.24) is 24.7 Å². The molecule has 1 aromatic carbocycles. The van der Waals surface area contributed by atoms with Crippen LogP contribution >= 0.6 is 0 Å². The maximum Gasteiger partial charge on any atom is 0.228 e. The Morgan fingerprint density at radius 1 is 1.05 bits per heavy atom. The molecule has 7 rings (SSSR count). The van der Waals surface area contributed by atoms with Crippen molar-refractivity contribution in [3.05, 3.63) is 54.7 Å². The van der Waals surface area contributed by atoms with Gasteiger partial charge in [-0.3, -0.25) is 9.48 Å². The van der Waals surface area contributed by atoms with Gasteiger partial charge in [-0.25, -0.2) is 9.97 Å². The van der Waals surface area contributed by atoms with E-state index in [2.05, 4.69) is 60.4 Å². The third-order valence-corrected chi connectivity index (χ3v) is 7.66. The largest absolute Gasteiger partial charge is 0.381 e. The van der Waals surface area contributed by atoms with Gasteiger partial charge < -0.3 is 25.3 Å². The minimum absolute atomic E-state index is 0.0279. The van der Waals surface area contributed by atoms with Crippen LogP contribution < -0.4 is 15.5 Å². The molecule has 0 spiro atoms. The fraction of sp³-hybridized carbons (Fsp3) is 0.357. The molecule has 4 aromatic rings. The van der Waals surface area contributed by atoms with Crippen molar-refractivity contribution >= 4 is 28.8 Å². The highest BCUT2D eigenvalue weighted by Crippen LogP contribution is 2.45. The molecule has 3 aromatic heterocycles. The summed E-state index contributed by atoms with van der Waals surface area (Å²) in [5.74, 6) is 1.36. The van der Waals surface area contributed by atoms with Gasteiger partial charge in [0.15, 0.2) is 0 Å². The Hall–Kier alpha value is -4.18. The summed E-state index contributed by atoms with van der Waals surface area (Å²) in [6, 6.07) is 8.57. The molecule has 10 heteroatoms. The number of H-pyrrole nitrogens is 1. The van der Waals surface area contributed by atoms with Gasteiger partial charge in [0.25, 0.3) is 0 Å². The first-order chi connectivity index (χ1) is 18.7. The summed E-state index contributed by atoms with van der Waals surface area (Å²) in [5, 5.41) is 11.4. The van der Waals surface area contributed by atoms with Gasteiger partial charge in [0.05, 0.1) is 47.1 Å². The van der Waals surface area contributed by atoms with Crippen LogP contribution in [0.25, 0.3) is 22.5 Å². The zero-order valence-corrected chi connectivity index (χ0v) is 21.3. The third-order valence-electron chi connectivity index (χ3n) is 7.66. The number of pyridine rings is 1. The standard InChI is InChI=1S/C28H30N8O2/c1-35-16-24-20(15-32-36(24)18-7-11-38-12-8-18)19-3-2-4-22(26(19)35)33-23-13-25(34-28(37)17-5-6-17)31-14-21(23)27-29-9-10-30-27/h2-4,9-10,13-15,17-18H,5-8,11-12,16H2,1H3,(H,29,30)(H2,31,33,34,37). The molecule has 1 aliphatic carbocycles. The fourth-order valence-corrected chi connectivity index (χ4v) is 5.54. The Balaban J connectivity index is 1.26. The Kier molecular flexibility index (Phi) is 5.61. The van der Waals surface area contributed by atoms with Gasteiger partial charge in [-0.2, -0.15) is 5.10 Å². The quantitative estimate of drug-likeness (QED) is 0.344. The monoisotopic (exact) mass is 510 g/mol. The number of hydrogen-bond donors (Lipinski definition) is 3. The number of aromatic amines is 1. The number of rotatable bonds is 6. The minimum atomic E-state index is 0.0279. The summed E-state index contributed by atoms with van der Waals surface area (Å²) in [4.78, 5) is 26.8. The van der Waals surface area contributed by atoms with Gasteiger partial charge in [0.1, 0.15) is 11.6 Å². The Morgan fingerprint density at radius 2 is 1.92 bits per heavy atom. The number of nitrogens with zero attached hydrogens (tertiary/aromatic N) is 5. The topological polar surface area (TPSA) is 113 Å². The van der Waals surface area contributed by atoms with E-state index < -0.39 is 0 Å². The number of carbonyl (C=O) groups is 1. The fourth-order valence-electron chi connectivity index (χ4n) is 5.54. The van der Waals surface area contributed by atoms with Crippen molar-refractivity contribution in [2.75, 3.05) is 35.8 Å². The molecule has 1 saturated carbocycles. The highest BCUT2D eigenvalue weighted by atomic mass is 16.5. The normalized spacial score (nSPS) is 17.1. The van der Waals surface area contributed by atoms with Crippen molar-refractivity contribution in [3.63, 3.8) is 0 Å². The van der Waals surface area contributed by atoms with Gasteiger partial charge in [0.2, 0.25) is 5.91 Å². The number of aromatic nitrogens is 5. The van der Waals surface area contributed by atoms with Gasteiger partial charge in [-0.05, 0) is 31.7 Å². The highest BCUT2D eigenvalue weighted by molar-refractivity contribution is 5.96. The van der Waals surface area contributed by atoms with Crippen molar-refractivity contribution < 1.29 is 9.53 Å². The van der Waals surface area contributed by atoms with E-state index in [0.29, 0.717) is 17.7 Å². The molecule has 0 unspecified atom stereocenters. The lowest BCUT2D eigenvalue weighted by molar-refractivity contribution is -0.117. The molecule has 0 atom stereocenters.